The van der Waals surface area contributed by atoms with E-state index in [1.807, 2.05) is 11.7 Å². The SMILES string of the molecule is CCc1nn(C)c(CC2(O)CC(C)CC(C)C2)c1Br. The molecule has 1 aromatic rings. The van der Waals surface area contributed by atoms with Crippen LogP contribution in [0.4, 0.5) is 0 Å². The van der Waals surface area contributed by atoms with Gasteiger partial charge in [0.25, 0.3) is 0 Å². The molecule has 1 fully saturated rings. The highest BCUT2D eigenvalue weighted by Crippen LogP contribution is 2.39. The van der Waals surface area contributed by atoms with Crippen molar-refractivity contribution in [3.63, 3.8) is 0 Å². The average molecular weight is 329 g/mol. The first-order valence-corrected chi connectivity index (χ1v) is 8.06. The van der Waals surface area contributed by atoms with Crippen molar-refractivity contribution in [2.45, 2.75) is 58.5 Å². The number of halogens is 1. The molecule has 0 aromatic carbocycles. The van der Waals surface area contributed by atoms with Gasteiger partial charge in [0.2, 0.25) is 0 Å². The lowest BCUT2D eigenvalue weighted by Crippen LogP contribution is -2.40. The van der Waals surface area contributed by atoms with Crippen molar-refractivity contribution >= 4 is 15.9 Å². The lowest BCUT2D eigenvalue weighted by molar-refractivity contribution is -0.0318. The largest absolute Gasteiger partial charge is 0.389 e. The van der Waals surface area contributed by atoms with Crippen molar-refractivity contribution in [1.82, 2.24) is 9.78 Å². The number of aliphatic hydroxyl groups is 1. The highest BCUT2D eigenvalue weighted by Gasteiger charge is 2.37. The van der Waals surface area contributed by atoms with Gasteiger partial charge in [0.05, 0.1) is 21.5 Å². The molecule has 1 saturated carbocycles. The third-order valence-corrected chi connectivity index (χ3v) is 5.18. The zero-order chi connectivity index (χ0) is 14.2. The predicted octanol–water partition coefficient (Wildman–Crippen LogP) is 3.47. The van der Waals surface area contributed by atoms with Gasteiger partial charge in [-0.1, -0.05) is 20.8 Å². The van der Waals surface area contributed by atoms with Gasteiger partial charge in [0, 0.05) is 13.5 Å². The van der Waals surface area contributed by atoms with Crippen LogP contribution in [0, 0.1) is 11.8 Å². The van der Waals surface area contributed by atoms with Crippen molar-refractivity contribution in [1.29, 1.82) is 0 Å². The first-order valence-electron chi connectivity index (χ1n) is 7.27. The van der Waals surface area contributed by atoms with Crippen molar-refractivity contribution in [2.75, 3.05) is 0 Å². The van der Waals surface area contributed by atoms with Crippen LogP contribution in [0.3, 0.4) is 0 Å². The Morgan fingerprint density at radius 1 is 1.37 bits per heavy atom. The molecule has 0 aliphatic heterocycles. The van der Waals surface area contributed by atoms with E-state index < -0.39 is 5.60 Å². The molecule has 0 spiro atoms. The van der Waals surface area contributed by atoms with E-state index in [9.17, 15) is 5.11 Å². The van der Waals surface area contributed by atoms with Crippen molar-refractivity contribution in [2.24, 2.45) is 18.9 Å². The molecule has 1 N–H and O–H groups in total. The Labute approximate surface area is 124 Å². The predicted molar refractivity (Wildman–Crippen MR) is 81.1 cm³/mol. The Kier molecular flexibility index (Phi) is 4.41. The molecule has 1 aromatic heterocycles. The number of aryl methyl sites for hydroxylation is 2. The van der Waals surface area contributed by atoms with Crippen LogP contribution >= 0.6 is 15.9 Å². The first kappa shape index (κ1) is 15.0. The minimum Gasteiger partial charge on any atom is -0.389 e. The molecule has 0 bridgehead atoms. The lowest BCUT2D eigenvalue weighted by Gasteiger charge is -2.39. The summed E-state index contributed by atoms with van der Waals surface area (Å²) in [5, 5.41) is 15.5. The van der Waals surface area contributed by atoms with Crippen molar-refractivity contribution in [3.05, 3.63) is 15.9 Å². The van der Waals surface area contributed by atoms with Gasteiger partial charge in [-0.2, -0.15) is 5.10 Å². The molecule has 1 aliphatic carbocycles. The second-order valence-electron chi connectivity index (χ2n) is 6.44. The van der Waals surface area contributed by atoms with Gasteiger partial charge < -0.3 is 5.11 Å². The standard InChI is InChI=1S/C15H25BrN2O/c1-5-12-14(16)13(18(4)17-12)9-15(19)7-10(2)6-11(3)8-15/h10-11,19H,5-9H2,1-4H3. The quantitative estimate of drug-likeness (QED) is 0.922. The topological polar surface area (TPSA) is 38.0 Å². The Morgan fingerprint density at radius 2 is 1.95 bits per heavy atom. The molecule has 1 aliphatic rings. The summed E-state index contributed by atoms with van der Waals surface area (Å²) in [6, 6.07) is 0. The summed E-state index contributed by atoms with van der Waals surface area (Å²) in [5.41, 5.74) is 1.64. The van der Waals surface area contributed by atoms with E-state index in [4.69, 9.17) is 0 Å². The van der Waals surface area contributed by atoms with Gasteiger partial charge in [0.15, 0.2) is 0 Å². The van der Waals surface area contributed by atoms with Gasteiger partial charge in [-0.05, 0) is 53.4 Å². The maximum atomic E-state index is 10.9. The summed E-state index contributed by atoms with van der Waals surface area (Å²) in [6.07, 6.45) is 4.65. The van der Waals surface area contributed by atoms with Crippen LogP contribution in [0.25, 0.3) is 0 Å². The maximum absolute atomic E-state index is 10.9. The number of hydrogen-bond acceptors (Lipinski definition) is 2. The molecule has 108 valence electrons. The average Bonchev–Trinajstić information content (AvgIpc) is 2.54. The number of rotatable bonds is 3. The van der Waals surface area contributed by atoms with E-state index in [0.717, 1.165) is 35.1 Å². The summed E-state index contributed by atoms with van der Waals surface area (Å²) < 4.78 is 3.00. The Hall–Kier alpha value is -0.350. The molecular formula is C15H25BrN2O. The molecule has 4 heteroatoms. The number of aromatic nitrogens is 2. The first-order chi connectivity index (χ1) is 8.84. The van der Waals surface area contributed by atoms with Gasteiger partial charge in [-0.15, -0.1) is 0 Å². The molecule has 2 atom stereocenters. The fraction of sp³-hybridized carbons (Fsp3) is 0.800. The van der Waals surface area contributed by atoms with Gasteiger partial charge >= 0.3 is 0 Å². The highest BCUT2D eigenvalue weighted by atomic mass is 79.9. The number of nitrogens with zero attached hydrogens (tertiary/aromatic N) is 2. The van der Waals surface area contributed by atoms with E-state index in [2.05, 4.69) is 41.8 Å². The zero-order valence-electron chi connectivity index (χ0n) is 12.4. The summed E-state index contributed by atoms with van der Waals surface area (Å²) in [4.78, 5) is 0. The normalized spacial score (nSPS) is 31.7. The van der Waals surface area contributed by atoms with Crippen LogP contribution in [0.15, 0.2) is 4.47 Å². The molecule has 2 rings (SSSR count). The Balaban J connectivity index is 2.22. The summed E-state index contributed by atoms with van der Waals surface area (Å²) in [5.74, 6) is 1.21. The van der Waals surface area contributed by atoms with Crippen LogP contribution in [-0.4, -0.2) is 20.5 Å². The van der Waals surface area contributed by atoms with Gasteiger partial charge in [0.1, 0.15) is 0 Å². The summed E-state index contributed by atoms with van der Waals surface area (Å²) >= 11 is 3.65. The van der Waals surface area contributed by atoms with E-state index in [0.29, 0.717) is 18.3 Å². The van der Waals surface area contributed by atoms with Crippen molar-refractivity contribution in [3.8, 4) is 0 Å². The van der Waals surface area contributed by atoms with Crippen molar-refractivity contribution < 1.29 is 5.11 Å². The minimum atomic E-state index is -0.571. The smallest absolute Gasteiger partial charge is 0.0766 e. The van der Waals surface area contributed by atoms with Crippen LogP contribution < -0.4 is 0 Å². The number of hydrogen-bond donors (Lipinski definition) is 1. The van der Waals surface area contributed by atoms with E-state index >= 15 is 0 Å². The second-order valence-corrected chi connectivity index (χ2v) is 7.23. The minimum absolute atomic E-state index is 0.571. The van der Waals surface area contributed by atoms with E-state index in [1.54, 1.807) is 0 Å². The fourth-order valence-electron chi connectivity index (χ4n) is 3.70. The lowest BCUT2D eigenvalue weighted by atomic mass is 9.72. The van der Waals surface area contributed by atoms with Crippen LogP contribution in [0.1, 0.15) is 51.4 Å². The molecule has 3 nitrogen and oxygen atoms in total. The van der Waals surface area contributed by atoms with E-state index in [1.165, 1.54) is 6.42 Å². The summed E-state index contributed by atoms with van der Waals surface area (Å²) in [7, 11) is 1.97. The molecule has 19 heavy (non-hydrogen) atoms. The van der Waals surface area contributed by atoms with Crippen LogP contribution in [0.5, 0.6) is 0 Å². The second kappa shape index (κ2) is 5.57. The Morgan fingerprint density at radius 3 is 2.42 bits per heavy atom. The van der Waals surface area contributed by atoms with Crippen LogP contribution in [0.2, 0.25) is 0 Å². The fourth-order valence-corrected chi connectivity index (χ4v) is 4.46. The highest BCUT2D eigenvalue weighted by molar-refractivity contribution is 9.10. The van der Waals surface area contributed by atoms with Gasteiger partial charge in [-0.3, -0.25) is 4.68 Å². The molecule has 1 heterocycles. The third-order valence-electron chi connectivity index (χ3n) is 4.26. The van der Waals surface area contributed by atoms with Crippen LogP contribution in [-0.2, 0) is 19.9 Å². The third kappa shape index (κ3) is 3.22. The van der Waals surface area contributed by atoms with Gasteiger partial charge in [-0.25, -0.2) is 0 Å². The molecule has 2 unspecified atom stereocenters. The molecule has 0 amide bonds. The zero-order valence-corrected chi connectivity index (χ0v) is 14.0. The molecule has 0 radical (unpaired) electrons. The molecular weight excluding hydrogens is 304 g/mol. The monoisotopic (exact) mass is 328 g/mol. The molecule has 0 saturated heterocycles. The maximum Gasteiger partial charge on any atom is 0.0766 e. The Bertz CT molecular complexity index is 445. The van der Waals surface area contributed by atoms with E-state index in [-0.39, 0.29) is 0 Å². The summed E-state index contributed by atoms with van der Waals surface area (Å²) in [6.45, 7) is 6.60.